The minimum Gasteiger partial charge on any atom is -0.378 e. The molecule has 94 valence electrons. The van der Waals surface area contributed by atoms with Crippen LogP contribution < -0.4 is 5.32 Å². The predicted molar refractivity (Wildman–Crippen MR) is 70.6 cm³/mol. The molecule has 1 atom stereocenters. The first-order valence-corrected chi connectivity index (χ1v) is 6.33. The summed E-state index contributed by atoms with van der Waals surface area (Å²) in [6, 6.07) is 7.86. The molecule has 4 nitrogen and oxygen atoms in total. The van der Waals surface area contributed by atoms with Crippen molar-refractivity contribution in [2.75, 3.05) is 19.8 Å². The Balaban J connectivity index is 1.84. The summed E-state index contributed by atoms with van der Waals surface area (Å²) in [4.78, 5) is 7.72. The molecular formula is C13H14ClN3O. The van der Waals surface area contributed by atoms with Gasteiger partial charge >= 0.3 is 0 Å². The summed E-state index contributed by atoms with van der Waals surface area (Å²) in [6.45, 7) is 2.28. The van der Waals surface area contributed by atoms with Crippen LogP contribution in [0, 0.1) is 0 Å². The quantitative estimate of drug-likeness (QED) is 0.875. The molecule has 3 rings (SSSR count). The van der Waals surface area contributed by atoms with Crippen LogP contribution in [0.25, 0.3) is 11.3 Å². The maximum Gasteiger partial charge on any atom is 0.126 e. The molecule has 0 aliphatic carbocycles. The molecule has 2 N–H and O–H groups in total. The number of ether oxygens (including phenoxy) is 1. The number of hydrogen-bond donors (Lipinski definition) is 2. The van der Waals surface area contributed by atoms with Crippen molar-refractivity contribution >= 4 is 11.6 Å². The molecule has 5 heteroatoms. The van der Waals surface area contributed by atoms with E-state index in [2.05, 4.69) is 15.3 Å². The molecule has 2 aromatic rings. The molecule has 0 spiro atoms. The molecule has 2 heterocycles. The van der Waals surface area contributed by atoms with Crippen molar-refractivity contribution in [3.8, 4) is 11.3 Å². The fourth-order valence-corrected chi connectivity index (χ4v) is 2.25. The van der Waals surface area contributed by atoms with E-state index in [1.807, 2.05) is 30.5 Å². The van der Waals surface area contributed by atoms with Crippen molar-refractivity contribution in [3.63, 3.8) is 0 Å². The van der Waals surface area contributed by atoms with Crippen molar-refractivity contribution in [1.29, 1.82) is 0 Å². The molecule has 1 fully saturated rings. The van der Waals surface area contributed by atoms with Crippen LogP contribution in [0.4, 0.5) is 0 Å². The average Bonchev–Trinajstić information content (AvgIpc) is 2.89. The lowest BCUT2D eigenvalue weighted by Crippen LogP contribution is -2.35. The Labute approximate surface area is 110 Å². The Morgan fingerprint density at radius 3 is 3.11 bits per heavy atom. The molecule has 18 heavy (non-hydrogen) atoms. The monoisotopic (exact) mass is 263 g/mol. The summed E-state index contributed by atoms with van der Waals surface area (Å²) < 4.78 is 5.43. The van der Waals surface area contributed by atoms with E-state index in [0.29, 0.717) is 6.61 Å². The van der Waals surface area contributed by atoms with E-state index in [0.717, 1.165) is 35.3 Å². The van der Waals surface area contributed by atoms with E-state index in [4.69, 9.17) is 16.3 Å². The number of halogens is 1. The predicted octanol–water partition coefficient (Wildman–Crippen LogP) is 2.39. The van der Waals surface area contributed by atoms with Gasteiger partial charge in [-0.25, -0.2) is 4.98 Å². The number of imidazole rings is 1. The summed E-state index contributed by atoms with van der Waals surface area (Å²) in [5.41, 5.74) is 2.01. The number of morpholine rings is 1. The number of nitrogens with one attached hydrogen (secondary N) is 2. The number of aromatic amines is 1. The molecule has 1 aliphatic rings. The third-order valence-electron chi connectivity index (χ3n) is 2.98. The summed E-state index contributed by atoms with van der Waals surface area (Å²) in [7, 11) is 0. The minimum absolute atomic E-state index is 0.145. The van der Waals surface area contributed by atoms with Crippen LogP contribution in [-0.4, -0.2) is 29.7 Å². The van der Waals surface area contributed by atoms with Crippen LogP contribution in [0.2, 0.25) is 5.02 Å². The Bertz CT molecular complexity index is 535. The first-order chi connectivity index (χ1) is 8.83. The highest BCUT2D eigenvalue weighted by Gasteiger charge is 2.18. The van der Waals surface area contributed by atoms with Gasteiger partial charge in [-0.05, 0) is 12.1 Å². The zero-order valence-electron chi connectivity index (χ0n) is 9.82. The van der Waals surface area contributed by atoms with Crippen molar-refractivity contribution in [3.05, 3.63) is 41.3 Å². The van der Waals surface area contributed by atoms with Gasteiger partial charge in [0.2, 0.25) is 0 Å². The van der Waals surface area contributed by atoms with Crippen molar-refractivity contribution < 1.29 is 4.74 Å². The second-order valence-corrected chi connectivity index (χ2v) is 4.71. The van der Waals surface area contributed by atoms with Gasteiger partial charge in [0.1, 0.15) is 5.82 Å². The van der Waals surface area contributed by atoms with E-state index in [1.165, 1.54) is 0 Å². The second kappa shape index (κ2) is 5.10. The first-order valence-electron chi connectivity index (χ1n) is 5.95. The van der Waals surface area contributed by atoms with Crippen LogP contribution in [0.1, 0.15) is 11.9 Å². The van der Waals surface area contributed by atoms with Crippen molar-refractivity contribution in [1.82, 2.24) is 15.3 Å². The van der Waals surface area contributed by atoms with Crippen LogP contribution in [0.15, 0.2) is 30.5 Å². The normalized spacial score (nSPS) is 19.9. The molecule has 0 radical (unpaired) electrons. The second-order valence-electron chi connectivity index (χ2n) is 4.27. The van der Waals surface area contributed by atoms with Crippen LogP contribution in [0.5, 0.6) is 0 Å². The molecule has 0 saturated carbocycles. The van der Waals surface area contributed by atoms with Gasteiger partial charge < -0.3 is 15.0 Å². The molecule has 1 aromatic heterocycles. The highest BCUT2D eigenvalue weighted by atomic mass is 35.5. The summed E-state index contributed by atoms with van der Waals surface area (Å²) in [6.07, 6.45) is 1.83. The highest BCUT2D eigenvalue weighted by molar-refractivity contribution is 6.30. The van der Waals surface area contributed by atoms with E-state index >= 15 is 0 Å². The lowest BCUT2D eigenvalue weighted by atomic mass is 10.2. The molecule has 0 bridgehead atoms. The van der Waals surface area contributed by atoms with Gasteiger partial charge in [-0.15, -0.1) is 0 Å². The van der Waals surface area contributed by atoms with Crippen LogP contribution >= 0.6 is 11.6 Å². The zero-order chi connectivity index (χ0) is 12.4. The summed E-state index contributed by atoms with van der Waals surface area (Å²) in [5, 5.41) is 4.09. The topological polar surface area (TPSA) is 49.9 Å². The molecule has 1 unspecified atom stereocenters. The number of nitrogens with zero attached hydrogens (tertiary/aromatic N) is 1. The molecule has 1 saturated heterocycles. The van der Waals surface area contributed by atoms with Gasteiger partial charge in [0.25, 0.3) is 0 Å². The summed E-state index contributed by atoms with van der Waals surface area (Å²) >= 11 is 5.98. The number of benzene rings is 1. The number of hydrogen-bond acceptors (Lipinski definition) is 3. The standard InChI is InChI=1S/C13H14ClN3O/c14-10-3-1-2-9(6-10)11-7-16-13(17-11)12-8-18-5-4-15-12/h1-3,6-7,12,15H,4-5,8H2,(H,16,17). The Morgan fingerprint density at radius 2 is 2.33 bits per heavy atom. The fourth-order valence-electron chi connectivity index (χ4n) is 2.06. The molecule has 0 amide bonds. The van der Waals surface area contributed by atoms with E-state index in [-0.39, 0.29) is 6.04 Å². The third kappa shape index (κ3) is 2.41. The van der Waals surface area contributed by atoms with Crippen molar-refractivity contribution in [2.24, 2.45) is 0 Å². The Kier molecular flexibility index (Phi) is 3.32. The Hall–Kier alpha value is -1.36. The van der Waals surface area contributed by atoms with Gasteiger partial charge in [0.15, 0.2) is 0 Å². The third-order valence-corrected chi connectivity index (χ3v) is 3.22. The van der Waals surface area contributed by atoms with Gasteiger partial charge in [0, 0.05) is 17.1 Å². The van der Waals surface area contributed by atoms with E-state index in [1.54, 1.807) is 0 Å². The SMILES string of the molecule is Clc1cccc(-c2cnc(C3COCCN3)[nH]2)c1. The fraction of sp³-hybridized carbons (Fsp3) is 0.308. The lowest BCUT2D eigenvalue weighted by Gasteiger charge is -2.21. The highest BCUT2D eigenvalue weighted by Crippen LogP contribution is 2.22. The minimum atomic E-state index is 0.145. The number of rotatable bonds is 2. The van der Waals surface area contributed by atoms with E-state index in [9.17, 15) is 0 Å². The van der Waals surface area contributed by atoms with Crippen LogP contribution in [-0.2, 0) is 4.74 Å². The smallest absolute Gasteiger partial charge is 0.126 e. The average molecular weight is 264 g/mol. The Morgan fingerprint density at radius 1 is 1.39 bits per heavy atom. The van der Waals surface area contributed by atoms with Gasteiger partial charge in [-0.2, -0.15) is 0 Å². The van der Waals surface area contributed by atoms with Gasteiger partial charge in [-0.1, -0.05) is 23.7 Å². The van der Waals surface area contributed by atoms with Crippen LogP contribution in [0.3, 0.4) is 0 Å². The van der Waals surface area contributed by atoms with Gasteiger partial charge in [0.05, 0.1) is 31.1 Å². The maximum absolute atomic E-state index is 5.98. The lowest BCUT2D eigenvalue weighted by molar-refractivity contribution is 0.0745. The zero-order valence-corrected chi connectivity index (χ0v) is 10.6. The molecule has 1 aliphatic heterocycles. The maximum atomic E-state index is 5.98. The summed E-state index contributed by atoms with van der Waals surface area (Å²) in [5.74, 6) is 0.907. The largest absolute Gasteiger partial charge is 0.378 e. The molecule has 1 aromatic carbocycles. The number of H-pyrrole nitrogens is 1. The van der Waals surface area contributed by atoms with Gasteiger partial charge in [-0.3, -0.25) is 0 Å². The van der Waals surface area contributed by atoms with Crippen molar-refractivity contribution in [2.45, 2.75) is 6.04 Å². The first kappa shape index (κ1) is 11.7. The van der Waals surface area contributed by atoms with E-state index < -0.39 is 0 Å². The number of aromatic nitrogens is 2. The molecular weight excluding hydrogens is 250 g/mol.